The smallest absolute Gasteiger partial charge is 0.149 e. The topological polar surface area (TPSA) is 30.2 Å². The first kappa shape index (κ1) is 19.7. The lowest BCUT2D eigenvalue weighted by molar-refractivity contribution is 1.16. The van der Waals surface area contributed by atoms with Crippen molar-refractivity contribution >= 4 is 27.6 Å². The molecule has 0 spiro atoms. The number of fused-ring (bicyclic) bond motifs is 5. The van der Waals surface area contributed by atoms with Gasteiger partial charge in [-0.2, -0.15) is 0 Å². The molecule has 0 radical (unpaired) electrons. The summed E-state index contributed by atoms with van der Waals surface area (Å²) in [6.07, 6.45) is 0. The van der Waals surface area contributed by atoms with Crippen molar-refractivity contribution in [3.63, 3.8) is 0 Å². The lowest BCUT2D eigenvalue weighted by Crippen LogP contribution is -1.98. The summed E-state index contributed by atoms with van der Waals surface area (Å²) in [5, 5.41) is 1.05. The molecule has 7 rings (SSSR count). The molecule has 0 aliphatic carbocycles. The Balaban J connectivity index is 1.48. The van der Waals surface area contributed by atoms with Gasteiger partial charge >= 0.3 is 0 Å². The van der Waals surface area contributed by atoms with E-state index >= 15 is 0 Å². The maximum absolute atomic E-state index is 5.16. The molecule has 0 amide bonds. The highest BCUT2D eigenvalue weighted by Gasteiger charge is 2.16. The van der Waals surface area contributed by atoms with E-state index in [1.807, 2.05) is 18.2 Å². The van der Waals surface area contributed by atoms with E-state index in [0.29, 0.717) is 0 Å². The second-order valence-corrected chi connectivity index (χ2v) is 8.74. The van der Waals surface area contributed by atoms with Gasteiger partial charge in [-0.25, -0.2) is 9.97 Å². The third-order valence-electron chi connectivity index (χ3n) is 6.59. The third-order valence-corrected chi connectivity index (χ3v) is 6.59. The lowest BCUT2D eigenvalue weighted by Gasteiger charge is -2.11. The SMILES string of the molecule is c1ccc(-c2ccc(-c3nc4ccc(-c5ccccc5)cc4c4nc5ccccc5n34)cc2)cc1. The van der Waals surface area contributed by atoms with E-state index in [0.717, 1.165) is 44.5 Å². The van der Waals surface area contributed by atoms with Crippen LogP contribution < -0.4 is 0 Å². The van der Waals surface area contributed by atoms with Crippen molar-refractivity contribution in [2.75, 3.05) is 0 Å². The highest BCUT2D eigenvalue weighted by atomic mass is 15.1. The summed E-state index contributed by atoms with van der Waals surface area (Å²) >= 11 is 0. The first-order valence-corrected chi connectivity index (χ1v) is 11.8. The molecule has 0 N–H and O–H groups in total. The minimum atomic E-state index is 0.897. The number of benzene rings is 5. The Bertz CT molecular complexity index is 1820. The zero-order valence-corrected chi connectivity index (χ0v) is 19.0. The monoisotopic (exact) mass is 447 g/mol. The molecule has 3 heteroatoms. The van der Waals surface area contributed by atoms with Crippen LogP contribution >= 0.6 is 0 Å². The molecule has 2 aromatic heterocycles. The zero-order valence-electron chi connectivity index (χ0n) is 19.0. The molecule has 164 valence electrons. The predicted octanol–water partition coefficient (Wildman–Crippen LogP) is 8.04. The highest BCUT2D eigenvalue weighted by molar-refractivity contribution is 6.00. The van der Waals surface area contributed by atoms with Crippen LogP contribution in [0.2, 0.25) is 0 Å². The van der Waals surface area contributed by atoms with E-state index in [4.69, 9.17) is 9.97 Å². The average molecular weight is 448 g/mol. The van der Waals surface area contributed by atoms with Crippen LogP contribution in [0.5, 0.6) is 0 Å². The van der Waals surface area contributed by atoms with E-state index in [1.165, 1.54) is 16.7 Å². The van der Waals surface area contributed by atoms with Crippen molar-refractivity contribution in [3.05, 3.63) is 127 Å². The molecule has 0 fully saturated rings. The summed E-state index contributed by atoms with van der Waals surface area (Å²) in [4.78, 5) is 10.2. The molecule has 0 bridgehead atoms. The van der Waals surface area contributed by atoms with Gasteiger partial charge in [-0.1, -0.05) is 103 Å². The van der Waals surface area contributed by atoms with Crippen molar-refractivity contribution < 1.29 is 0 Å². The molecule has 7 aromatic rings. The quantitative estimate of drug-likeness (QED) is 0.274. The van der Waals surface area contributed by atoms with Crippen molar-refractivity contribution in [1.82, 2.24) is 14.4 Å². The molecule has 0 atom stereocenters. The lowest BCUT2D eigenvalue weighted by atomic mass is 10.0. The summed E-state index contributed by atoms with van der Waals surface area (Å²) in [7, 11) is 0. The minimum Gasteiger partial charge on any atom is -0.276 e. The minimum absolute atomic E-state index is 0.897. The van der Waals surface area contributed by atoms with Crippen LogP contribution in [0.4, 0.5) is 0 Å². The zero-order chi connectivity index (χ0) is 23.2. The summed E-state index contributed by atoms with van der Waals surface area (Å²) < 4.78 is 2.20. The Morgan fingerprint density at radius 3 is 1.74 bits per heavy atom. The van der Waals surface area contributed by atoms with Crippen LogP contribution in [0, 0.1) is 0 Å². The average Bonchev–Trinajstić information content (AvgIpc) is 3.34. The van der Waals surface area contributed by atoms with Gasteiger partial charge in [-0.15, -0.1) is 0 Å². The summed E-state index contributed by atoms with van der Waals surface area (Å²) in [5.74, 6) is 0.897. The maximum Gasteiger partial charge on any atom is 0.149 e. The predicted molar refractivity (Wildman–Crippen MR) is 144 cm³/mol. The van der Waals surface area contributed by atoms with Gasteiger partial charge in [0, 0.05) is 10.9 Å². The van der Waals surface area contributed by atoms with Crippen molar-refractivity contribution in [1.29, 1.82) is 0 Å². The molecule has 0 aliphatic rings. The van der Waals surface area contributed by atoms with Crippen LogP contribution in [0.25, 0.3) is 61.2 Å². The Labute approximate surface area is 203 Å². The van der Waals surface area contributed by atoms with E-state index < -0.39 is 0 Å². The maximum atomic E-state index is 5.16. The molecule has 0 unspecified atom stereocenters. The highest BCUT2D eigenvalue weighted by Crippen LogP contribution is 2.33. The Kier molecular flexibility index (Phi) is 4.46. The number of imidazole rings is 1. The Morgan fingerprint density at radius 2 is 1.00 bits per heavy atom. The van der Waals surface area contributed by atoms with Crippen LogP contribution in [-0.2, 0) is 0 Å². The van der Waals surface area contributed by atoms with E-state index in [2.05, 4.69) is 114 Å². The molecule has 5 aromatic carbocycles. The number of rotatable bonds is 3. The van der Waals surface area contributed by atoms with Gasteiger partial charge in [-0.3, -0.25) is 4.40 Å². The number of hydrogen-bond acceptors (Lipinski definition) is 2. The fourth-order valence-corrected chi connectivity index (χ4v) is 4.84. The number of hydrogen-bond donors (Lipinski definition) is 0. The van der Waals surface area contributed by atoms with E-state index in [-0.39, 0.29) is 0 Å². The first-order chi connectivity index (χ1) is 17.3. The second kappa shape index (κ2) is 7.93. The van der Waals surface area contributed by atoms with Crippen LogP contribution in [0.1, 0.15) is 0 Å². The van der Waals surface area contributed by atoms with Gasteiger partial charge in [0.2, 0.25) is 0 Å². The van der Waals surface area contributed by atoms with Gasteiger partial charge in [0.05, 0.1) is 16.6 Å². The standard InChI is InChI=1S/C32H21N3/c1-3-9-22(10-4-1)24-15-17-25(18-16-24)31-33-28-20-19-26(23-11-5-2-6-12-23)21-27(28)32-34-29-13-7-8-14-30(29)35(31)32/h1-21H. The van der Waals surface area contributed by atoms with Crippen LogP contribution in [0.3, 0.4) is 0 Å². The van der Waals surface area contributed by atoms with Crippen molar-refractivity contribution in [2.45, 2.75) is 0 Å². The van der Waals surface area contributed by atoms with Gasteiger partial charge in [0.25, 0.3) is 0 Å². The third kappa shape index (κ3) is 3.29. The van der Waals surface area contributed by atoms with E-state index in [1.54, 1.807) is 0 Å². The molecule has 2 heterocycles. The van der Waals surface area contributed by atoms with E-state index in [9.17, 15) is 0 Å². The Morgan fingerprint density at radius 1 is 0.429 bits per heavy atom. The molecule has 3 nitrogen and oxygen atoms in total. The molecular formula is C32H21N3. The van der Waals surface area contributed by atoms with Crippen molar-refractivity contribution in [2.24, 2.45) is 0 Å². The number of nitrogens with zero attached hydrogens (tertiary/aromatic N) is 3. The fourth-order valence-electron chi connectivity index (χ4n) is 4.84. The first-order valence-electron chi connectivity index (χ1n) is 11.8. The molecule has 0 aliphatic heterocycles. The second-order valence-electron chi connectivity index (χ2n) is 8.74. The molecule has 0 saturated heterocycles. The Hall–Kier alpha value is -4.76. The normalized spacial score (nSPS) is 11.4. The van der Waals surface area contributed by atoms with Gasteiger partial charge < -0.3 is 0 Å². The van der Waals surface area contributed by atoms with Gasteiger partial charge in [0.1, 0.15) is 11.5 Å². The molecular weight excluding hydrogens is 426 g/mol. The van der Waals surface area contributed by atoms with Crippen LogP contribution in [0.15, 0.2) is 127 Å². The number of aromatic nitrogens is 3. The fraction of sp³-hybridized carbons (Fsp3) is 0. The van der Waals surface area contributed by atoms with Gasteiger partial charge in [0.15, 0.2) is 0 Å². The number of para-hydroxylation sites is 2. The van der Waals surface area contributed by atoms with Crippen molar-refractivity contribution in [3.8, 4) is 33.6 Å². The summed E-state index contributed by atoms with van der Waals surface area (Å²) in [6.45, 7) is 0. The van der Waals surface area contributed by atoms with Crippen LogP contribution in [-0.4, -0.2) is 14.4 Å². The molecule has 35 heavy (non-hydrogen) atoms. The summed E-state index contributed by atoms with van der Waals surface area (Å²) in [6, 6.07) is 44.3. The summed E-state index contributed by atoms with van der Waals surface area (Å²) in [5.41, 5.74) is 9.69. The molecule has 0 saturated carbocycles. The largest absolute Gasteiger partial charge is 0.276 e. The van der Waals surface area contributed by atoms with Gasteiger partial charge in [-0.05, 0) is 46.5 Å².